The van der Waals surface area contributed by atoms with Gasteiger partial charge in [0.05, 0.1) is 17.1 Å². The maximum atomic E-state index is 12.4. The summed E-state index contributed by atoms with van der Waals surface area (Å²) in [7, 11) is -1.85. The Bertz CT molecular complexity index is 512. The predicted octanol–water partition coefficient (Wildman–Crippen LogP) is 1.95. The highest BCUT2D eigenvalue weighted by Gasteiger charge is 2.28. The Morgan fingerprint density at radius 1 is 1.26 bits per heavy atom. The minimum atomic E-state index is -3.50. The van der Waals surface area contributed by atoms with Crippen LogP contribution in [0.25, 0.3) is 0 Å². The molecule has 1 aromatic rings. The topological polar surface area (TPSA) is 78.1 Å². The highest BCUT2D eigenvalue weighted by Crippen LogP contribution is 2.25. The van der Waals surface area contributed by atoms with Crippen LogP contribution in [0.3, 0.4) is 0 Å². The molecule has 0 unspecified atom stereocenters. The number of hydrogen-bond donors (Lipinski definition) is 2. The van der Waals surface area contributed by atoms with Crippen molar-refractivity contribution in [2.45, 2.75) is 52.0 Å². The molecule has 0 atom stereocenters. The van der Waals surface area contributed by atoms with Crippen LogP contribution >= 0.6 is 0 Å². The van der Waals surface area contributed by atoms with Crippen LogP contribution in [-0.4, -0.2) is 36.0 Å². The van der Waals surface area contributed by atoms with Crippen LogP contribution in [0, 0.1) is 13.8 Å². The van der Waals surface area contributed by atoms with E-state index in [1.54, 1.807) is 20.9 Å². The average molecular weight is 286 g/mol. The van der Waals surface area contributed by atoms with Crippen molar-refractivity contribution in [2.24, 2.45) is 0 Å². The van der Waals surface area contributed by atoms with E-state index in [1.165, 1.54) is 10.7 Å². The summed E-state index contributed by atoms with van der Waals surface area (Å²) >= 11 is 0. The largest absolute Gasteiger partial charge is 0.301 e. The van der Waals surface area contributed by atoms with Gasteiger partial charge in [0, 0.05) is 13.1 Å². The lowest BCUT2D eigenvalue weighted by molar-refractivity contribution is 0.287. The molecule has 1 aliphatic carbocycles. The summed E-state index contributed by atoms with van der Waals surface area (Å²) < 4.78 is 28.9. The van der Waals surface area contributed by atoms with E-state index < -0.39 is 10.2 Å². The van der Waals surface area contributed by atoms with Crippen LogP contribution in [0.15, 0.2) is 0 Å². The highest BCUT2D eigenvalue weighted by molar-refractivity contribution is 7.90. The summed E-state index contributed by atoms with van der Waals surface area (Å²) in [5.41, 5.74) is 1.96. The molecule has 0 radical (unpaired) electrons. The molecular formula is C12H22N4O2S. The molecule has 2 N–H and O–H groups in total. The molecule has 7 heteroatoms. The Kier molecular flexibility index (Phi) is 4.15. The normalized spacial score (nSPS) is 17.9. The predicted molar refractivity (Wildman–Crippen MR) is 75.2 cm³/mol. The molecule has 1 heterocycles. The number of H-pyrrole nitrogens is 1. The zero-order chi connectivity index (χ0) is 14.0. The van der Waals surface area contributed by atoms with Gasteiger partial charge in [0.2, 0.25) is 0 Å². The average Bonchev–Trinajstić information content (AvgIpc) is 2.70. The van der Waals surface area contributed by atoms with E-state index >= 15 is 0 Å². The number of nitrogens with one attached hydrogen (secondary N) is 2. The van der Waals surface area contributed by atoms with Gasteiger partial charge in [-0.05, 0) is 26.7 Å². The zero-order valence-corrected chi connectivity index (χ0v) is 12.5. The Labute approximate surface area is 114 Å². The van der Waals surface area contributed by atoms with Crippen LogP contribution in [0.5, 0.6) is 0 Å². The molecule has 1 aromatic heterocycles. The van der Waals surface area contributed by atoms with Crippen LogP contribution in [0.1, 0.15) is 43.5 Å². The van der Waals surface area contributed by atoms with Gasteiger partial charge in [-0.2, -0.15) is 17.8 Å². The molecule has 0 aromatic carbocycles. The Hall–Kier alpha value is -1.08. The maximum absolute atomic E-state index is 12.4. The third kappa shape index (κ3) is 3.09. The fourth-order valence-electron chi connectivity index (χ4n) is 2.54. The molecular weight excluding hydrogens is 264 g/mol. The number of nitrogens with zero attached hydrogens (tertiary/aromatic N) is 2. The summed E-state index contributed by atoms with van der Waals surface area (Å²) in [5, 5.41) is 6.78. The first-order valence-corrected chi connectivity index (χ1v) is 8.13. The number of anilines is 1. The van der Waals surface area contributed by atoms with Gasteiger partial charge in [-0.25, -0.2) is 0 Å². The number of aromatic nitrogens is 2. The summed E-state index contributed by atoms with van der Waals surface area (Å²) in [6, 6.07) is 0.110. The Balaban J connectivity index is 2.13. The maximum Gasteiger partial charge on any atom is 0.301 e. The van der Waals surface area contributed by atoms with Gasteiger partial charge >= 0.3 is 10.2 Å². The quantitative estimate of drug-likeness (QED) is 0.888. The van der Waals surface area contributed by atoms with Gasteiger partial charge < -0.3 is 0 Å². The van der Waals surface area contributed by atoms with E-state index in [2.05, 4.69) is 14.9 Å². The number of aryl methyl sites for hydroxylation is 2. The number of aromatic amines is 1. The van der Waals surface area contributed by atoms with Crippen molar-refractivity contribution >= 4 is 15.9 Å². The van der Waals surface area contributed by atoms with E-state index in [-0.39, 0.29) is 6.04 Å². The lowest BCUT2D eigenvalue weighted by atomic mass is 9.96. The summed E-state index contributed by atoms with van der Waals surface area (Å²) in [5.74, 6) is 0. The third-order valence-electron chi connectivity index (χ3n) is 3.83. The standard InChI is InChI=1S/C12H22N4O2S/c1-9-12(10(2)14-13-9)15-19(17,18)16(3)11-7-5-4-6-8-11/h11,15H,4-8H2,1-3H3,(H,13,14). The summed E-state index contributed by atoms with van der Waals surface area (Å²) in [4.78, 5) is 0. The van der Waals surface area contributed by atoms with Crippen molar-refractivity contribution < 1.29 is 8.42 Å². The second kappa shape index (κ2) is 5.50. The smallest absolute Gasteiger partial charge is 0.280 e. The molecule has 2 rings (SSSR count). The van der Waals surface area contributed by atoms with Crippen LogP contribution in [0.2, 0.25) is 0 Å². The first-order valence-electron chi connectivity index (χ1n) is 6.69. The van der Waals surface area contributed by atoms with Crippen LogP contribution in [-0.2, 0) is 10.2 Å². The minimum absolute atomic E-state index is 0.110. The van der Waals surface area contributed by atoms with E-state index in [9.17, 15) is 8.42 Å². The van der Waals surface area contributed by atoms with Crippen molar-refractivity contribution in [3.05, 3.63) is 11.4 Å². The molecule has 0 spiro atoms. The van der Waals surface area contributed by atoms with E-state index in [0.717, 1.165) is 31.4 Å². The van der Waals surface area contributed by atoms with E-state index in [1.807, 2.05) is 0 Å². The van der Waals surface area contributed by atoms with Gasteiger partial charge in [-0.3, -0.25) is 9.82 Å². The fraction of sp³-hybridized carbons (Fsp3) is 0.750. The van der Waals surface area contributed by atoms with E-state index in [4.69, 9.17) is 0 Å². The Morgan fingerprint density at radius 3 is 2.42 bits per heavy atom. The second-order valence-corrected chi connectivity index (χ2v) is 6.95. The molecule has 1 fully saturated rings. The van der Waals surface area contributed by atoms with Gasteiger partial charge in [0.1, 0.15) is 0 Å². The zero-order valence-electron chi connectivity index (χ0n) is 11.7. The molecule has 0 saturated heterocycles. The van der Waals surface area contributed by atoms with Gasteiger partial charge in [0.15, 0.2) is 0 Å². The van der Waals surface area contributed by atoms with Crippen LogP contribution < -0.4 is 4.72 Å². The van der Waals surface area contributed by atoms with Crippen molar-refractivity contribution in [3.8, 4) is 0 Å². The number of hydrogen-bond acceptors (Lipinski definition) is 3. The molecule has 0 aliphatic heterocycles. The number of rotatable bonds is 4. The van der Waals surface area contributed by atoms with Crippen molar-refractivity contribution in [2.75, 3.05) is 11.8 Å². The molecule has 0 bridgehead atoms. The van der Waals surface area contributed by atoms with Gasteiger partial charge in [0.25, 0.3) is 0 Å². The molecule has 108 valence electrons. The monoisotopic (exact) mass is 286 g/mol. The lowest BCUT2D eigenvalue weighted by Crippen LogP contribution is -2.41. The van der Waals surface area contributed by atoms with Crippen molar-refractivity contribution in [1.29, 1.82) is 0 Å². The molecule has 1 aliphatic rings. The van der Waals surface area contributed by atoms with Crippen LogP contribution in [0.4, 0.5) is 5.69 Å². The summed E-state index contributed by atoms with van der Waals surface area (Å²) in [6.07, 6.45) is 5.31. The first kappa shape index (κ1) is 14.3. The molecule has 6 nitrogen and oxygen atoms in total. The van der Waals surface area contributed by atoms with Gasteiger partial charge in [-0.15, -0.1) is 0 Å². The molecule has 0 amide bonds. The molecule has 19 heavy (non-hydrogen) atoms. The summed E-state index contributed by atoms with van der Waals surface area (Å²) in [6.45, 7) is 3.58. The fourth-order valence-corrected chi connectivity index (χ4v) is 3.85. The van der Waals surface area contributed by atoms with Gasteiger partial charge in [-0.1, -0.05) is 19.3 Å². The SMILES string of the molecule is Cc1n[nH]c(C)c1NS(=O)(=O)N(C)C1CCCCC1. The highest BCUT2D eigenvalue weighted by atomic mass is 32.2. The lowest BCUT2D eigenvalue weighted by Gasteiger charge is -2.30. The first-order chi connectivity index (χ1) is 8.92. The second-order valence-electron chi connectivity index (χ2n) is 5.22. The molecule has 1 saturated carbocycles. The third-order valence-corrected chi connectivity index (χ3v) is 5.35. The van der Waals surface area contributed by atoms with Crippen molar-refractivity contribution in [3.63, 3.8) is 0 Å². The Morgan fingerprint density at radius 2 is 1.89 bits per heavy atom. The minimum Gasteiger partial charge on any atom is -0.280 e. The van der Waals surface area contributed by atoms with E-state index in [0.29, 0.717) is 11.4 Å². The van der Waals surface area contributed by atoms with Crippen molar-refractivity contribution in [1.82, 2.24) is 14.5 Å².